The van der Waals surface area contributed by atoms with Gasteiger partial charge in [0.25, 0.3) is 0 Å². The number of rotatable bonds is 3. The molecule has 4 nitrogen and oxygen atoms in total. The second-order valence-electron chi connectivity index (χ2n) is 5.77. The maximum Gasteiger partial charge on any atom is 0.243 e. The molecule has 0 aliphatic heterocycles. The highest BCUT2D eigenvalue weighted by Crippen LogP contribution is 2.28. The Bertz CT molecular complexity index is 567. The minimum Gasteiger partial charge on any atom is -0.398 e. The third kappa shape index (κ3) is 2.83. The fourth-order valence-electron chi connectivity index (χ4n) is 2.81. The van der Waals surface area contributed by atoms with Crippen molar-refractivity contribution in [1.82, 2.24) is 4.31 Å². The number of hydrogen-bond acceptors (Lipinski definition) is 3. The van der Waals surface area contributed by atoms with Crippen LogP contribution >= 0.6 is 0 Å². The van der Waals surface area contributed by atoms with Gasteiger partial charge in [-0.15, -0.1) is 0 Å². The van der Waals surface area contributed by atoms with Crippen LogP contribution in [0.5, 0.6) is 0 Å². The highest BCUT2D eigenvalue weighted by Gasteiger charge is 2.29. The summed E-state index contributed by atoms with van der Waals surface area (Å²) in [5, 5.41) is 0. The van der Waals surface area contributed by atoms with Crippen LogP contribution in [-0.2, 0) is 10.0 Å². The first-order valence-electron chi connectivity index (χ1n) is 7.19. The fraction of sp³-hybridized carbons (Fsp3) is 0.600. The molecule has 5 heteroatoms. The van der Waals surface area contributed by atoms with Gasteiger partial charge in [0.15, 0.2) is 0 Å². The summed E-state index contributed by atoms with van der Waals surface area (Å²) in [5.74, 6) is 0. The summed E-state index contributed by atoms with van der Waals surface area (Å²) in [5.41, 5.74) is 8.32. The summed E-state index contributed by atoms with van der Waals surface area (Å²) in [7, 11) is -1.76. The van der Waals surface area contributed by atoms with Gasteiger partial charge in [0, 0.05) is 18.8 Å². The number of sulfonamides is 1. The molecule has 0 heterocycles. The predicted octanol–water partition coefficient (Wildman–Crippen LogP) is 2.84. The topological polar surface area (TPSA) is 63.4 Å². The number of hydrogen-bond donors (Lipinski definition) is 1. The Balaban J connectivity index is 2.34. The van der Waals surface area contributed by atoms with E-state index in [1.165, 1.54) is 10.7 Å². The molecule has 1 aromatic rings. The Kier molecular flexibility index (Phi) is 4.39. The average molecular weight is 296 g/mol. The predicted molar refractivity (Wildman–Crippen MR) is 82.2 cm³/mol. The summed E-state index contributed by atoms with van der Waals surface area (Å²) in [6.45, 7) is 3.80. The van der Waals surface area contributed by atoms with E-state index in [9.17, 15) is 8.42 Å². The molecule has 1 aromatic carbocycles. The quantitative estimate of drug-likeness (QED) is 0.872. The molecule has 2 rings (SSSR count). The standard InChI is InChI=1S/C15H24N2O2S/c1-11-9-14(10-15(16)12(11)2)20(18,19)17(3)13-7-5-4-6-8-13/h9-10,13H,4-8,16H2,1-3H3. The van der Waals surface area contributed by atoms with Crippen LogP contribution in [0.15, 0.2) is 17.0 Å². The van der Waals surface area contributed by atoms with Crippen LogP contribution in [0, 0.1) is 13.8 Å². The van der Waals surface area contributed by atoms with Crippen LogP contribution < -0.4 is 5.73 Å². The maximum absolute atomic E-state index is 12.7. The van der Waals surface area contributed by atoms with Crippen molar-refractivity contribution in [2.45, 2.75) is 56.9 Å². The largest absolute Gasteiger partial charge is 0.398 e. The number of anilines is 1. The van der Waals surface area contributed by atoms with E-state index >= 15 is 0 Å². The van der Waals surface area contributed by atoms with E-state index in [0.717, 1.165) is 36.8 Å². The fourth-order valence-corrected chi connectivity index (χ4v) is 4.35. The van der Waals surface area contributed by atoms with Gasteiger partial charge in [-0.25, -0.2) is 8.42 Å². The van der Waals surface area contributed by atoms with Gasteiger partial charge >= 0.3 is 0 Å². The molecule has 112 valence electrons. The molecule has 0 unspecified atom stereocenters. The molecule has 0 radical (unpaired) electrons. The number of nitrogens with zero attached hydrogens (tertiary/aromatic N) is 1. The molecule has 1 aliphatic carbocycles. The molecule has 0 bridgehead atoms. The van der Waals surface area contributed by atoms with Crippen molar-refractivity contribution in [3.63, 3.8) is 0 Å². The van der Waals surface area contributed by atoms with E-state index < -0.39 is 10.0 Å². The van der Waals surface area contributed by atoms with Crippen LogP contribution in [0.1, 0.15) is 43.2 Å². The number of nitrogen functional groups attached to an aromatic ring is 1. The van der Waals surface area contributed by atoms with E-state index in [4.69, 9.17) is 5.73 Å². The minimum absolute atomic E-state index is 0.122. The van der Waals surface area contributed by atoms with E-state index in [0.29, 0.717) is 10.6 Å². The van der Waals surface area contributed by atoms with E-state index in [2.05, 4.69) is 0 Å². The Morgan fingerprint density at radius 2 is 1.75 bits per heavy atom. The van der Waals surface area contributed by atoms with Gasteiger partial charge in [-0.2, -0.15) is 4.31 Å². The first kappa shape index (κ1) is 15.3. The van der Waals surface area contributed by atoms with Crippen molar-refractivity contribution in [1.29, 1.82) is 0 Å². The van der Waals surface area contributed by atoms with Crippen molar-refractivity contribution < 1.29 is 8.42 Å². The molecule has 0 spiro atoms. The number of benzene rings is 1. The molecular formula is C15H24N2O2S. The highest BCUT2D eigenvalue weighted by atomic mass is 32.2. The lowest BCUT2D eigenvalue weighted by atomic mass is 9.96. The lowest BCUT2D eigenvalue weighted by Crippen LogP contribution is -2.38. The Labute approximate surface area is 122 Å². The highest BCUT2D eigenvalue weighted by molar-refractivity contribution is 7.89. The molecule has 1 aliphatic rings. The first-order chi connectivity index (χ1) is 9.34. The van der Waals surface area contributed by atoms with Gasteiger partial charge in [-0.05, 0) is 49.9 Å². The number of aryl methyl sites for hydroxylation is 1. The van der Waals surface area contributed by atoms with Gasteiger partial charge in [0.1, 0.15) is 0 Å². The molecule has 20 heavy (non-hydrogen) atoms. The van der Waals surface area contributed by atoms with Crippen molar-refractivity contribution in [3.05, 3.63) is 23.3 Å². The van der Waals surface area contributed by atoms with E-state index in [1.807, 2.05) is 13.8 Å². The van der Waals surface area contributed by atoms with Crippen molar-refractivity contribution in [3.8, 4) is 0 Å². The molecule has 0 aromatic heterocycles. The Hall–Kier alpha value is -1.07. The maximum atomic E-state index is 12.7. The lowest BCUT2D eigenvalue weighted by molar-refractivity contribution is 0.286. The third-order valence-electron chi connectivity index (χ3n) is 4.45. The third-order valence-corrected chi connectivity index (χ3v) is 6.33. The minimum atomic E-state index is -3.45. The average Bonchev–Trinajstić information content (AvgIpc) is 2.44. The van der Waals surface area contributed by atoms with Crippen molar-refractivity contribution in [2.75, 3.05) is 12.8 Å². The summed E-state index contributed by atoms with van der Waals surface area (Å²) < 4.78 is 27.0. The zero-order chi connectivity index (χ0) is 14.9. The molecule has 1 saturated carbocycles. The Morgan fingerprint density at radius 3 is 2.30 bits per heavy atom. The smallest absolute Gasteiger partial charge is 0.243 e. The van der Waals surface area contributed by atoms with Gasteiger partial charge < -0.3 is 5.73 Å². The second kappa shape index (κ2) is 5.74. The SMILES string of the molecule is Cc1cc(S(=O)(=O)N(C)C2CCCCC2)cc(N)c1C. The van der Waals surface area contributed by atoms with Crippen LogP contribution in [0.4, 0.5) is 5.69 Å². The molecule has 1 fully saturated rings. The Morgan fingerprint density at radius 1 is 1.15 bits per heavy atom. The summed E-state index contributed by atoms with van der Waals surface area (Å²) in [6.07, 6.45) is 5.34. The van der Waals surface area contributed by atoms with Crippen molar-refractivity contribution >= 4 is 15.7 Å². The van der Waals surface area contributed by atoms with Crippen LogP contribution in [-0.4, -0.2) is 25.8 Å². The zero-order valence-corrected chi connectivity index (χ0v) is 13.3. The van der Waals surface area contributed by atoms with Crippen LogP contribution in [0.25, 0.3) is 0 Å². The molecule has 0 amide bonds. The van der Waals surface area contributed by atoms with Crippen LogP contribution in [0.2, 0.25) is 0 Å². The number of nitrogens with two attached hydrogens (primary N) is 1. The van der Waals surface area contributed by atoms with Gasteiger partial charge in [0.2, 0.25) is 10.0 Å². The summed E-state index contributed by atoms with van der Waals surface area (Å²) in [6, 6.07) is 3.42. The molecule has 2 N–H and O–H groups in total. The molecule has 0 atom stereocenters. The summed E-state index contributed by atoms with van der Waals surface area (Å²) in [4.78, 5) is 0.311. The molecule has 0 saturated heterocycles. The zero-order valence-electron chi connectivity index (χ0n) is 12.5. The van der Waals surface area contributed by atoms with E-state index in [1.54, 1.807) is 19.2 Å². The van der Waals surface area contributed by atoms with Gasteiger partial charge in [-0.1, -0.05) is 19.3 Å². The molecular weight excluding hydrogens is 272 g/mol. The van der Waals surface area contributed by atoms with Gasteiger partial charge in [-0.3, -0.25) is 0 Å². The second-order valence-corrected chi connectivity index (χ2v) is 7.76. The summed E-state index contributed by atoms with van der Waals surface area (Å²) >= 11 is 0. The lowest BCUT2D eigenvalue weighted by Gasteiger charge is -2.30. The van der Waals surface area contributed by atoms with Gasteiger partial charge in [0.05, 0.1) is 4.90 Å². The van der Waals surface area contributed by atoms with Crippen LogP contribution in [0.3, 0.4) is 0 Å². The van der Waals surface area contributed by atoms with Crippen molar-refractivity contribution in [2.24, 2.45) is 0 Å². The first-order valence-corrected chi connectivity index (χ1v) is 8.63. The normalized spacial score (nSPS) is 17.6. The van der Waals surface area contributed by atoms with E-state index in [-0.39, 0.29) is 6.04 Å². The monoisotopic (exact) mass is 296 g/mol.